The van der Waals surface area contributed by atoms with Crippen LogP contribution < -0.4 is 0 Å². The SMILES string of the molecule is Cc1cnc(C)c(/C([B]CC(C)(C)C(C)(C)O)=C\SI)c1. The van der Waals surface area contributed by atoms with Crippen molar-refractivity contribution in [3.05, 3.63) is 34.5 Å². The molecule has 21 heavy (non-hydrogen) atoms. The van der Waals surface area contributed by atoms with E-state index in [4.69, 9.17) is 0 Å². The molecule has 0 amide bonds. The van der Waals surface area contributed by atoms with Gasteiger partial charge in [0.25, 0.3) is 0 Å². The van der Waals surface area contributed by atoms with Crippen molar-refractivity contribution in [1.82, 2.24) is 4.98 Å². The maximum Gasteiger partial charge on any atom is 0.153 e. The fourth-order valence-corrected chi connectivity index (χ4v) is 2.96. The molecule has 1 aromatic heterocycles. The predicted molar refractivity (Wildman–Crippen MR) is 104 cm³/mol. The summed E-state index contributed by atoms with van der Waals surface area (Å²) in [5.74, 6) is 0. The zero-order chi connectivity index (χ0) is 16.3. The summed E-state index contributed by atoms with van der Waals surface area (Å²) in [6, 6.07) is 2.18. The first-order valence-corrected chi connectivity index (χ1v) is 10.5. The van der Waals surface area contributed by atoms with Crippen molar-refractivity contribution >= 4 is 42.9 Å². The molecule has 0 atom stereocenters. The smallest absolute Gasteiger partial charge is 0.153 e. The summed E-state index contributed by atoms with van der Waals surface area (Å²) >= 11 is 2.28. The van der Waals surface area contributed by atoms with Crippen LogP contribution in [-0.4, -0.2) is 23.0 Å². The Kier molecular flexibility index (Phi) is 6.81. The van der Waals surface area contributed by atoms with Crippen LogP contribution in [0.25, 0.3) is 5.47 Å². The van der Waals surface area contributed by atoms with E-state index in [1.807, 2.05) is 27.0 Å². The number of rotatable bonds is 6. The van der Waals surface area contributed by atoms with Gasteiger partial charge in [-0.15, -0.1) is 0 Å². The van der Waals surface area contributed by atoms with Gasteiger partial charge in [-0.25, -0.2) is 0 Å². The lowest BCUT2D eigenvalue weighted by Crippen LogP contribution is -2.39. The highest BCUT2D eigenvalue weighted by Gasteiger charge is 2.34. The molecule has 2 nitrogen and oxygen atoms in total. The molecule has 0 saturated carbocycles. The first-order chi connectivity index (χ1) is 9.58. The summed E-state index contributed by atoms with van der Waals surface area (Å²) in [6.45, 7) is 12.0. The molecular formula is C16H24BINOS. The zero-order valence-corrected chi connectivity index (χ0v) is 16.7. The van der Waals surface area contributed by atoms with Crippen LogP contribution in [0, 0.1) is 19.3 Å². The number of aromatic nitrogens is 1. The molecule has 1 aromatic rings. The van der Waals surface area contributed by atoms with Gasteiger partial charge in [0.15, 0.2) is 7.28 Å². The van der Waals surface area contributed by atoms with E-state index in [-0.39, 0.29) is 5.41 Å². The van der Waals surface area contributed by atoms with Gasteiger partial charge in [-0.05, 0) is 55.7 Å². The van der Waals surface area contributed by atoms with Crippen LogP contribution in [0.5, 0.6) is 0 Å². The monoisotopic (exact) mass is 416 g/mol. The van der Waals surface area contributed by atoms with Crippen molar-refractivity contribution in [2.75, 3.05) is 0 Å². The first kappa shape index (κ1) is 19.0. The zero-order valence-electron chi connectivity index (χ0n) is 13.7. The van der Waals surface area contributed by atoms with Crippen LogP contribution >= 0.6 is 30.1 Å². The number of pyridine rings is 1. The van der Waals surface area contributed by atoms with Crippen LogP contribution in [0.4, 0.5) is 0 Å². The van der Waals surface area contributed by atoms with Crippen LogP contribution in [0.3, 0.4) is 0 Å². The summed E-state index contributed by atoms with van der Waals surface area (Å²) in [7, 11) is 3.88. The Bertz CT molecular complexity index is 523. The van der Waals surface area contributed by atoms with Gasteiger partial charge in [0.2, 0.25) is 0 Å². The molecule has 0 aliphatic rings. The Balaban J connectivity index is 3.00. The van der Waals surface area contributed by atoms with Crippen molar-refractivity contribution in [2.45, 2.75) is 53.5 Å². The van der Waals surface area contributed by atoms with Gasteiger partial charge in [0, 0.05) is 33.1 Å². The Labute approximate surface area is 146 Å². The second-order valence-corrected chi connectivity index (χ2v) is 8.60. The molecule has 0 aliphatic carbocycles. The quantitative estimate of drug-likeness (QED) is 0.524. The minimum atomic E-state index is -0.716. The molecule has 115 valence electrons. The standard InChI is InChI=1S/C16H24BINOS/c1-11-7-13(12(2)19-8-11)14(9-21-18)17-10-15(3,4)16(5,6)20/h7-9,20H,10H2,1-6H3/b14-9+. The Morgan fingerprint density at radius 2 is 2.00 bits per heavy atom. The van der Waals surface area contributed by atoms with Crippen molar-refractivity contribution in [3.8, 4) is 0 Å². The second-order valence-electron chi connectivity index (χ2n) is 6.66. The average molecular weight is 416 g/mol. The topological polar surface area (TPSA) is 33.1 Å². The Morgan fingerprint density at radius 1 is 1.38 bits per heavy atom. The molecule has 1 heterocycles. The Hall–Kier alpha value is -0.00506. The van der Waals surface area contributed by atoms with E-state index in [1.54, 1.807) is 8.93 Å². The van der Waals surface area contributed by atoms with Crippen molar-refractivity contribution in [1.29, 1.82) is 0 Å². The largest absolute Gasteiger partial charge is 0.390 e. The highest BCUT2D eigenvalue weighted by Crippen LogP contribution is 2.36. The molecule has 0 fully saturated rings. The summed E-state index contributed by atoms with van der Waals surface area (Å²) in [4.78, 5) is 4.45. The van der Waals surface area contributed by atoms with Gasteiger partial charge in [0.05, 0.1) is 5.60 Å². The number of hydrogen-bond acceptors (Lipinski definition) is 3. The lowest BCUT2D eigenvalue weighted by molar-refractivity contribution is -0.0236. The maximum absolute atomic E-state index is 10.3. The summed E-state index contributed by atoms with van der Waals surface area (Å²) in [5, 5.41) is 12.4. The highest BCUT2D eigenvalue weighted by atomic mass is 127. The van der Waals surface area contributed by atoms with Gasteiger partial charge in [0.1, 0.15) is 0 Å². The fourth-order valence-electron chi connectivity index (χ4n) is 1.81. The second kappa shape index (κ2) is 7.51. The third-order valence-corrected chi connectivity index (χ3v) is 5.30. The molecule has 1 rings (SSSR count). The molecule has 5 heteroatoms. The van der Waals surface area contributed by atoms with Crippen molar-refractivity contribution in [3.63, 3.8) is 0 Å². The number of aliphatic hydroxyl groups is 1. The number of aryl methyl sites for hydroxylation is 2. The van der Waals surface area contributed by atoms with Crippen LogP contribution in [0.2, 0.25) is 6.32 Å². The van der Waals surface area contributed by atoms with Gasteiger partial charge in [-0.3, -0.25) is 4.98 Å². The number of nitrogens with zero attached hydrogens (tertiary/aromatic N) is 1. The minimum absolute atomic E-state index is 0.187. The van der Waals surface area contributed by atoms with E-state index < -0.39 is 5.60 Å². The van der Waals surface area contributed by atoms with E-state index in [9.17, 15) is 5.11 Å². The van der Waals surface area contributed by atoms with Gasteiger partial charge >= 0.3 is 0 Å². The van der Waals surface area contributed by atoms with E-state index in [1.165, 1.54) is 11.0 Å². The van der Waals surface area contributed by atoms with Gasteiger partial charge in [-0.1, -0.05) is 34.6 Å². The molecule has 0 spiro atoms. The fraction of sp³-hybridized carbons (Fsp3) is 0.562. The summed E-state index contributed by atoms with van der Waals surface area (Å²) in [5.41, 5.74) is 3.65. The van der Waals surface area contributed by atoms with E-state index >= 15 is 0 Å². The Morgan fingerprint density at radius 3 is 2.52 bits per heavy atom. The predicted octanol–water partition coefficient (Wildman–Crippen LogP) is 5.00. The third-order valence-electron chi connectivity index (χ3n) is 4.19. The summed E-state index contributed by atoms with van der Waals surface area (Å²) < 4.78 is 0. The van der Waals surface area contributed by atoms with E-state index in [0.29, 0.717) is 0 Å². The number of halogens is 1. The normalized spacial score (nSPS) is 13.4. The average Bonchev–Trinajstić information content (AvgIpc) is 2.36. The van der Waals surface area contributed by atoms with Crippen molar-refractivity contribution in [2.24, 2.45) is 5.41 Å². The molecule has 0 unspecified atom stereocenters. The van der Waals surface area contributed by atoms with Gasteiger partial charge < -0.3 is 5.11 Å². The van der Waals surface area contributed by atoms with Crippen molar-refractivity contribution < 1.29 is 5.11 Å². The van der Waals surface area contributed by atoms with Crippen LogP contribution in [0.1, 0.15) is 44.5 Å². The maximum atomic E-state index is 10.3. The molecule has 0 bridgehead atoms. The first-order valence-electron chi connectivity index (χ1n) is 7.05. The molecule has 0 aliphatic heterocycles. The molecule has 0 saturated heterocycles. The number of hydrogen-bond donors (Lipinski definition) is 1. The summed E-state index contributed by atoms with van der Waals surface area (Å²) in [6.07, 6.45) is 2.71. The molecule has 1 N–H and O–H groups in total. The highest BCUT2D eigenvalue weighted by molar-refractivity contribution is 14.2. The van der Waals surface area contributed by atoms with Gasteiger partial charge in [-0.2, -0.15) is 0 Å². The third kappa shape index (κ3) is 5.29. The van der Waals surface area contributed by atoms with E-state index in [0.717, 1.165) is 17.6 Å². The molecule has 1 radical (unpaired) electrons. The van der Waals surface area contributed by atoms with Crippen LogP contribution in [-0.2, 0) is 0 Å². The minimum Gasteiger partial charge on any atom is -0.390 e. The van der Waals surface area contributed by atoms with Crippen LogP contribution in [0.15, 0.2) is 17.7 Å². The van der Waals surface area contributed by atoms with E-state index in [2.05, 4.69) is 65.7 Å². The molecular weight excluding hydrogens is 392 g/mol. The molecule has 0 aromatic carbocycles. The lowest BCUT2D eigenvalue weighted by Gasteiger charge is -2.37. The lowest BCUT2D eigenvalue weighted by atomic mass is 9.54.